The predicted octanol–water partition coefficient (Wildman–Crippen LogP) is 3.92. The summed E-state index contributed by atoms with van der Waals surface area (Å²) in [6.07, 6.45) is 3.01. The number of methoxy groups -OCH3 is 1. The minimum absolute atomic E-state index is 0.338. The summed E-state index contributed by atoms with van der Waals surface area (Å²) in [6, 6.07) is 15.4. The largest absolute Gasteiger partial charge is 0.497 e. The second-order valence-corrected chi connectivity index (χ2v) is 4.98. The monoisotopic (exact) mass is 336 g/mol. The molecule has 0 spiro atoms. The third-order valence-electron chi connectivity index (χ3n) is 3.24. The number of hydrogen-bond donors (Lipinski definition) is 2. The van der Waals surface area contributed by atoms with Gasteiger partial charge in [0.15, 0.2) is 0 Å². The van der Waals surface area contributed by atoms with Crippen molar-refractivity contribution in [3.63, 3.8) is 0 Å². The number of carbonyl (C=O) groups excluding carboxylic acids is 1. The maximum absolute atomic E-state index is 12.0. The van der Waals surface area contributed by atoms with Crippen LogP contribution >= 0.6 is 0 Å². The maximum Gasteiger partial charge on any atom is 0.323 e. The fraction of sp³-hybridized carbons (Fsp3) is 0.0556. The van der Waals surface area contributed by atoms with Gasteiger partial charge in [-0.15, -0.1) is 0 Å². The van der Waals surface area contributed by atoms with Crippen LogP contribution in [0.1, 0.15) is 0 Å². The summed E-state index contributed by atoms with van der Waals surface area (Å²) in [4.78, 5) is 19.8. The molecule has 3 aromatic rings. The number of nitrogens with zero attached hydrogens (tertiary/aromatic N) is 2. The quantitative estimate of drug-likeness (QED) is 0.737. The summed E-state index contributed by atoms with van der Waals surface area (Å²) in [7, 11) is 1.59. The lowest BCUT2D eigenvalue weighted by atomic mass is 10.3. The van der Waals surface area contributed by atoms with Gasteiger partial charge in [-0.05, 0) is 48.5 Å². The zero-order chi connectivity index (χ0) is 17.5. The zero-order valence-electron chi connectivity index (χ0n) is 13.5. The Morgan fingerprint density at radius 1 is 0.880 bits per heavy atom. The highest BCUT2D eigenvalue weighted by molar-refractivity contribution is 5.99. The van der Waals surface area contributed by atoms with Gasteiger partial charge in [-0.3, -0.25) is 0 Å². The van der Waals surface area contributed by atoms with Gasteiger partial charge in [0.25, 0.3) is 0 Å². The molecule has 0 radical (unpaired) electrons. The minimum atomic E-state index is -0.338. The standard InChI is InChI=1S/C18H16N4O3/c1-24-15-6-2-13(3-7-15)21-18(23)22-14-4-8-16(9-5-14)25-17-10-11-19-12-20-17/h2-12H,1H3,(H2,21,22,23). The van der Waals surface area contributed by atoms with E-state index in [-0.39, 0.29) is 6.03 Å². The highest BCUT2D eigenvalue weighted by Crippen LogP contribution is 2.21. The number of ether oxygens (including phenoxy) is 2. The van der Waals surface area contributed by atoms with Crippen molar-refractivity contribution in [1.82, 2.24) is 9.97 Å². The Morgan fingerprint density at radius 2 is 1.48 bits per heavy atom. The molecule has 0 aliphatic rings. The molecule has 3 rings (SSSR count). The highest BCUT2D eigenvalue weighted by Gasteiger charge is 2.04. The first kappa shape index (κ1) is 16.3. The van der Waals surface area contributed by atoms with Crippen LogP contribution < -0.4 is 20.1 Å². The Morgan fingerprint density at radius 3 is 2.00 bits per heavy atom. The molecule has 0 aliphatic carbocycles. The second-order valence-electron chi connectivity index (χ2n) is 4.98. The second kappa shape index (κ2) is 7.78. The number of hydrogen-bond acceptors (Lipinski definition) is 5. The smallest absolute Gasteiger partial charge is 0.323 e. The molecular formula is C18H16N4O3. The summed E-state index contributed by atoms with van der Waals surface area (Å²) in [5.74, 6) is 1.79. The number of aromatic nitrogens is 2. The van der Waals surface area contributed by atoms with Crippen LogP contribution in [-0.4, -0.2) is 23.1 Å². The van der Waals surface area contributed by atoms with Crippen LogP contribution in [-0.2, 0) is 0 Å². The summed E-state index contributed by atoms with van der Waals surface area (Å²) >= 11 is 0. The van der Waals surface area contributed by atoms with Gasteiger partial charge in [-0.2, -0.15) is 0 Å². The number of rotatable bonds is 5. The van der Waals surface area contributed by atoms with Crippen molar-refractivity contribution in [2.24, 2.45) is 0 Å². The summed E-state index contributed by atoms with van der Waals surface area (Å²) in [6.45, 7) is 0. The van der Waals surface area contributed by atoms with E-state index in [4.69, 9.17) is 9.47 Å². The van der Waals surface area contributed by atoms with Gasteiger partial charge in [0.2, 0.25) is 5.88 Å². The Labute approximate surface area is 144 Å². The van der Waals surface area contributed by atoms with Crippen molar-refractivity contribution in [1.29, 1.82) is 0 Å². The van der Waals surface area contributed by atoms with Crippen molar-refractivity contribution in [3.05, 3.63) is 67.1 Å². The van der Waals surface area contributed by atoms with Crippen LogP contribution in [0, 0.1) is 0 Å². The molecule has 0 unspecified atom stereocenters. The molecule has 2 N–H and O–H groups in total. The first-order valence-corrected chi connectivity index (χ1v) is 7.49. The van der Waals surface area contributed by atoms with Gasteiger partial charge in [-0.1, -0.05) is 0 Å². The van der Waals surface area contributed by atoms with E-state index in [1.165, 1.54) is 6.33 Å². The Bertz CT molecular complexity index is 821. The van der Waals surface area contributed by atoms with E-state index in [2.05, 4.69) is 20.6 Å². The van der Waals surface area contributed by atoms with Crippen molar-refractivity contribution >= 4 is 17.4 Å². The molecule has 0 bridgehead atoms. The van der Waals surface area contributed by atoms with Crippen molar-refractivity contribution < 1.29 is 14.3 Å². The lowest BCUT2D eigenvalue weighted by Gasteiger charge is -2.09. The number of amides is 2. The lowest BCUT2D eigenvalue weighted by Crippen LogP contribution is -2.19. The third-order valence-corrected chi connectivity index (χ3v) is 3.24. The summed E-state index contributed by atoms with van der Waals surface area (Å²) in [5.41, 5.74) is 1.31. The van der Waals surface area contributed by atoms with Crippen molar-refractivity contribution in [3.8, 4) is 17.4 Å². The lowest BCUT2D eigenvalue weighted by molar-refractivity contribution is 0.262. The molecule has 0 atom stereocenters. The average Bonchev–Trinajstić information content (AvgIpc) is 2.65. The fourth-order valence-electron chi connectivity index (χ4n) is 2.03. The van der Waals surface area contributed by atoms with E-state index in [1.807, 2.05) is 0 Å². The summed E-state index contributed by atoms with van der Waals surface area (Å²) in [5, 5.41) is 5.49. The van der Waals surface area contributed by atoms with Crippen LogP contribution in [0.3, 0.4) is 0 Å². The van der Waals surface area contributed by atoms with Gasteiger partial charge in [0, 0.05) is 23.6 Å². The molecule has 0 saturated heterocycles. The molecule has 0 saturated carbocycles. The first-order valence-electron chi connectivity index (χ1n) is 7.49. The van der Waals surface area contributed by atoms with E-state index >= 15 is 0 Å². The average molecular weight is 336 g/mol. The first-order chi connectivity index (χ1) is 12.2. The van der Waals surface area contributed by atoms with Crippen LogP contribution in [0.5, 0.6) is 17.4 Å². The molecule has 126 valence electrons. The number of urea groups is 1. The minimum Gasteiger partial charge on any atom is -0.497 e. The molecule has 1 aromatic heterocycles. The Balaban J connectivity index is 1.56. The Kier molecular flexibility index (Phi) is 5.06. The van der Waals surface area contributed by atoms with Gasteiger partial charge < -0.3 is 20.1 Å². The van der Waals surface area contributed by atoms with E-state index in [0.29, 0.717) is 23.0 Å². The molecule has 0 aliphatic heterocycles. The van der Waals surface area contributed by atoms with Gasteiger partial charge >= 0.3 is 6.03 Å². The number of anilines is 2. The van der Waals surface area contributed by atoms with Crippen LogP contribution in [0.4, 0.5) is 16.2 Å². The predicted molar refractivity (Wildman–Crippen MR) is 94.2 cm³/mol. The SMILES string of the molecule is COc1ccc(NC(=O)Nc2ccc(Oc3ccncn3)cc2)cc1. The molecule has 0 fully saturated rings. The van der Waals surface area contributed by atoms with Gasteiger partial charge in [-0.25, -0.2) is 14.8 Å². The number of benzene rings is 2. The normalized spacial score (nSPS) is 9.96. The van der Waals surface area contributed by atoms with E-state index < -0.39 is 0 Å². The molecule has 2 aromatic carbocycles. The van der Waals surface area contributed by atoms with E-state index in [0.717, 1.165) is 5.75 Å². The van der Waals surface area contributed by atoms with Crippen molar-refractivity contribution in [2.75, 3.05) is 17.7 Å². The number of carbonyl (C=O) groups is 1. The molecular weight excluding hydrogens is 320 g/mol. The number of nitrogens with one attached hydrogen (secondary N) is 2. The van der Waals surface area contributed by atoms with E-state index in [1.54, 1.807) is 67.9 Å². The maximum atomic E-state index is 12.0. The summed E-state index contributed by atoms with van der Waals surface area (Å²) < 4.78 is 10.6. The molecule has 25 heavy (non-hydrogen) atoms. The van der Waals surface area contributed by atoms with Crippen LogP contribution in [0.25, 0.3) is 0 Å². The van der Waals surface area contributed by atoms with Crippen LogP contribution in [0.2, 0.25) is 0 Å². The zero-order valence-corrected chi connectivity index (χ0v) is 13.5. The molecule has 7 nitrogen and oxygen atoms in total. The highest BCUT2D eigenvalue weighted by atomic mass is 16.5. The van der Waals surface area contributed by atoms with Crippen LogP contribution in [0.15, 0.2) is 67.1 Å². The molecule has 1 heterocycles. The van der Waals surface area contributed by atoms with Gasteiger partial charge in [0.1, 0.15) is 17.8 Å². The Hall–Kier alpha value is -3.61. The van der Waals surface area contributed by atoms with Crippen molar-refractivity contribution in [2.45, 2.75) is 0 Å². The molecule has 7 heteroatoms. The fourth-order valence-corrected chi connectivity index (χ4v) is 2.03. The topological polar surface area (TPSA) is 85.4 Å². The van der Waals surface area contributed by atoms with Gasteiger partial charge in [0.05, 0.1) is 7.11 Å². The third kappa shape index (κ3) is 4.68. The van der Waals surface area contributed by atoms with E-state index in [9.17, 15) is 4.79 Å². The molecule has 2 amide bonds.